The van der Waals surface area contributed by atoms with Crippen molar-refractivity contribution in [3.63, 3.8) is 0 Å². The molecule has 1 aliphatic heterocycles. The fourth-order valence-electron chi connectivity index (χ4n) is 2.00. The number of rotatable bonds is 4. The summed E-state index contributed by atoms with van der Waals surface area (Å²) in [6, 6.07) is 3.77. The molecule has 0 aliphatic carbocycles. The Morgan fingerprint density at radius 1 is 1.53 bits per heavy atom. The highest BCUT2D eigenvalue weighted by Gasteiger charge is 2.23. The van der Waals surface area contributed by atoms with Crippen LogP contribution in [-0.2, 0) is 4.74 Å². The minimum atomic E-state index is 0.296. The molecule has 2 heterocycles. The summed E-state index contributed by atoms with van der Waals surface area (Å²) in [6.07, 6.45) is 1.33. The molecule has 0 amide bonds. The second kappa shape index (κ2) is 5.23. The number of hydrogen-bond donors (Lipinski definition) is 1. The van der Waals surface area contributed by atoms with Gasteiger partial charge in [-0.05, 0) is 25.5 Å². The molecule has 1 fully saturated rings. The fraction of sp³-hybridized carbons (Fsp3) is 0.583. The van der Waals surface area contributed by atoms with Crippen molar-refractivity contribution in [1.29, 1.82) is 0 Å². The first kappa shape index (κ1) is 12.0. The van der Waals surface area contributed by atoms with Crippen molar-refractivity contribution >= 4 is 11.5 Å². The predicted octanol–water partition coefficient (Wildman–Crippen LogP) is 1.29. The molecular formula is C12H19N3O2. The van der Waals surface area contributed by atoms with E-state index in [-0.39, 0.29) is 0 Å². The molecule has 0 aromatic carbocycles. The van der Waals surface area contributed by atoms with E-state index in [1.165, 1.54) is 0 Å². The third kappa shape index (κ3) is 2.61. The Balaban J connectivity index is 2.13. The van der Waals surface area contributed by atoms with E-state index in [1.54, 1.807) is 7.11 Å². The molecule has 0 radical (unpaired) electrons. The molecule has 1 atom stereocenters. The van der Waals surface area contributed by atoms with E-state index >= 15 is 0 Å². The lowest BCUT2D eigenvalue weighted by Crippen LogP contribution is -2.23. The highest BCUT2D eigenvalue weighted by atomic mass is 16.5. The van der Waals surface area contributed by atoms with Crippen molar-refractivity contribution < 1.29 is 9.47 Å². The summed E-state index contributed by atoms with van der Waals surface area (Å²) in [6.45, 7) is 4.33. The highest BCUT2D eigenvalue weighted by molar-refractivity contribution is 5.55. The smallest absolute Gasteiger partial charge is 0.239 e. The van der Waals surface area contributed by atoms with E-state index in [0.29, 0.717) is 24.3 Å². The van der Waals surface area contributed by atoms with Crippen molar-refractivity contribution in [1.82, 2.24) is 4.98 Å². The third-order valence-corrected chi connectivity index (χ3v) is 2.96. The molecule has 2 N–H and O–H groups in total. The van der Waals surface area contributed by atoms with Crippen molar-refractivity contribution in [3.05, 3.63) is 12.1 Å². The van der Waals surface area contributed by atoms with Crippen LogP contribution in [0, 0.1) is 0 Å². The summed E-state index contributed by atoms with van der Waals surface area (Å²) in [5, 5.41) is 0. The van der Waals surface area contributed by atoms with Gasteiger partial charge in [0.25, 0.3) is 0 Å². The lowest BCUT2D eigenvalue weighted by molar-refractivity contribution is 0.121. The van der Waals surface area contributed by atoms with Gasteiger partial charge in [0.15, 0.2) is 0 Å². The number of ether oxygens (including phenoxy) is 2. The standard InChI is InChI=1S/C12H19N3O2/c1-3-17-12-10(13)4-5-11(14-12)15-7-6-9(8-15)16-2/h4-5,9H,3,6-8,13H2,1-2H3. The Hall–Kier alpha value is -1.49. The van der Waals surface area contributed by atoms with Gasteiger partial charge in [0.2, 0.25) is 5.88 Å². The zero-order valence-corrected chi connectivity index (χ0v) is 10.3. The van der Waals surface area contributed by atoms with Gasteiger partial charge in [0.05, 0.1) is 18.4 Å². The van der Waals surface area contributed by atoms with Gasteiger partial charge in [-0.3, -0.25) is 0 Å². The molecule has 1 aliphatic rings. The highest BCUT2D eigenvalue weighted by Crippen LogP contribution is 2.25. The van der Waals surface area contributed by atoms with Crippen LogP contribution in [-0.4, -0.2) is 37.9 Å². The molecule has 2 rings (SSSR count). The largest absolute Gasteiger partial charge is 0.476 e. The first-order valence-electron chi connectivity index (χ1n) is 5.91. The van der Waals surface area contributed by atoms with Crippen molar-refractivity contribution in [2.75, 3.05) is 37.4 Å². The Morgan fingerprint density at radius 3 is 3.00 bits per heavy atom. The van der Waals surface area contributed by atoms with Crippen LogP contribution in [0.25, 0.3) is 0 Å². The van der Waals surface area contributed by atoms with Crippen molar-refractivity contribution in [3.8, 4) is 5.88 Å². The summed E-state index contributed by atoms with van der Waals surface area (Å²) in [4.78, 5) is 6.63. The van der Waals surface area contributed by atoms with Gasteiger partial charge in [0, 0.05) is 20.2 Å². The summed E-state index contributed by atoms with van der Waals surface area (Å²) in [7, 11) is 1.75. The topological polar surface area (TPSA) is 60.6 Å². The third-order valence-electron chi connectivity index (χ3n) is 2.96. The fourth-order valence-corrected chi connectivity index (χ4v) is 2.00. The van der Waals surface area contributed by atoms with E-state index in [1.807, 2.05) is 19.1 Å². The molecule has 0 saturated carbocycles. The maximum atomic E-state index is 5.80. The van der Waals surface area contributed by atoms with Crippen LogP contribution < -0.4 is 15.4 Å². The van der Waals surface area contributed by atoms with E-state index in [9.17, 15) is 0 Å². The molecule has 5 nitrogen and oxygen atoms in total. The van der Waals surface area contributed by atoms with Crippen LogP contribution in [0.15, 0.2) is 12.1 Å². The van der Waals surface area contributed by atoms with Crippen LogP contribution in [0.4, 0.5) is 11.5 Å². The van der Waals surface area contributed by atoms with E-state index < -0.39 is 0 Å². The molecule has 94 valence electrons. The van der Waals surface area contributed by atoms with Crippen LogP contribution in [0.5, 0.6) is 5.88 Å². The Labute approximate surface area is 102 Å². The number of pyridine rings is 1. The number of nitrogens with two attached hydrogens (primary N) is 1. The predicted molar refractivity (Wildman–Crippen MR) is 67.4 cm³/mol. The summed E-state index contributed by atoms with van der Waals surface area (Å²) in [5.74, 6) is 1.42. The van der Waals surface area contributed by atoms with Gasteiger partial charge in [-0.1, -0.05) is 0 Å². The monoisotopic (exact) mass is 237 g/mol. The first-order chi connectivity index (χ1) is 8.24. The normalized spacial score (nSPS) is 19.6. The Morgan fingerprint density at radius 2 is 2.35 bits per heavy atom. The van der Waals surface area contributed by atoms with Crippen LogP contribution in [0.3, 0.4) is 0 Å². The molecule has 0 bridgehead atoms. The second-order valence-corrected chi connectivity index (χ2v) is 4.09. The number of nitrogens with zero attached hydrogens (tertiary/aromatic N) is 2. The van der Waals surface area contributed by atoms with Crippen molar-refractivity contribution in [2.45, 2.75) is 19.4 Å². The lowest BCUT2D eigenvalue weighted by atomic mass is 10.3. The molecule has 1 aromatic heterocycles. The van der Waals surface area contributed by atoms with E-state index in [0.717, 1.165) is 25.3 Å². The zero-order valence-electron chi connectivity index (χ0n) is 10.3. The maximum absolute atomic E-state index is 5.80. The van der Waals surface area contributed by atoms with Gasteiger partial charge in [-0.2, -0.15) is 4.98 Å². The summed E-state index contributed by atoms with van der Waals surface area (Å²) < 4.78 is 10.7. The Kier molecular flexibility index (Phi) is 3.68. The van der Waals surface area contributed by atoms with E-state index in [2.05, 4.69) is 9.88 Å². The SMILES string of the molecule is CCOc1nc(N2CCC(OC)C2)ccc1N. The number of hydrogen-bond acceptors (Lipinski definition) is 5. The lowest BCUT2D eigenvalue weighted by Gasteiger charge is -2.18. The molecule has 5 heteroatoms. The number of aromatic nitrogens is 1. The first-order valence-corrected chi connectivity index (χ1v) is 5.91. The van der Waals surface area contributed by atoms with Gasteiger partial charge >= 0.3 is 0 Å². The number of methoxy groups -OCH3 is 1. The summed E-state index contributed by atoms with van der Waals surface area (Å²) in [5.41, 5.74) is 6.38. The molecule has 17 heavy (non-hydrogen) atoms. The van der Waals surface area contributed by atoms with Crippen LogP contribution in [0.2, 0.25) is 0 Å². The molecule has 1 unspecified atom stereocenters. The van der Waals surface area contributed by atoms with Crippen LogP contribution >= 0.6 is 0 Å². The molecule has 1 aromatic rings. The number of anilines is 2. The Bertz CT molecular complexity index is 384. The quantitative estimate of drug-likeness (QED) is 0.855. The minimum Gasteiger partial charge on any atom is -0.476 e. The molecular weight excluding hydrogens is 218 g/mol. The average Bonchev–Trinajstić information content (AvgIpc) is 2.81. The van der Waals surface area contributed by atoms with Gasteiger partial charge in [-0.15, -0.1) is 0 Å². The van der Waals surface area contributed by atoms with Crippen molar-refractivity contribution in [2.24, 2.45) is 0 Å². The second-order valence-electron chi connectivity index (χ2n) is 4.09. The molecule has 0 spiro atoms. The van der Waals surface area contributed by atoms with Gasteiger partial charge < -0.3 is 20.1 Å². The van der Waals surface area contributed by atoms with Crippen LogP contribution in [0.1, 0.15) is 13.3 Å². The van der Waals surface area contributed by atoms with Gasteiger partial charge in [0.1, 0.15) is 5.82 Å². The summed E-state index contributed by atoms with van der Waals surface area (Å²) >= 11 is 0. The maximum Gasteiger partial charge on any atom is 0.239 e. The molecule has 1 saturated heterocycles. The zero-order chi connectivity index (χ0) is 12.3. The number of nitrogen functional groups attached to an aromatic ring is 1. The van der Waals surface area contributed by atoms with E-state index in [4.69, 9.17) is 15.2 Å². The average molecular weight is 237 g/mol. The van der Waals surface area contributed by atoms with Gasteiger partial charge in [-0.25, -0.2) is 0 Å². The minimum absolute atomic E-state index is 0.296.